The topological polar surface area (TPSA) is 231 Å². The third-order valence-corrected chi connectivity index (χ3v) is 13.5. The molecule has 2 aromatic heterocycles. The lowest BCUT2D eigenvalue weighted by atomic mass is 10.1. The molecule has 3 heterocycles. The van der Waals surface area contributed by atoms with Gasteiger partial charge in [0.05, 0.1) is 30.6 Å². The van der Waals surface area contributed by atoms with Gasteiger partial charge in [0, 0.05) is 54.2 Å². The number of nitrogens with zero attached hydrogens (tertiary/aromatic N) is 4. The number of rotatable bonds is 22. The molecule has 2 unspecified atom stereocenters. The summed E-state index contributed by atoms with van der Waals surface area (Å²) in [5.74, 6) is -2.05. The van der Waals surface area contributed by atoms with Crippen LogP contribution in [0.5, 0.6) is 11.5 Å². The smallest absolute Gasteiger partial charge is 0.411 e. The van der Waals surface area contributed by atoms with Crippen LogP contribution in [0.15, 0.2) is 71.5 Å². The molecule has 5 N–H and O–H groups in total. The Kier molecular flexibility index (Phi) is 16.0. The average molecular weight is 963 g/mol. The van der Waals surface area contributed by atoms with Gasteiger partial charge in [-0.25, -0.2) is 27.9 Å². The van der Waals surface area contributed by atoms with Crippen molar-refractivity contribution in [3.63, 3.8) is 0 Å². The molecular formula is C47H62N8O10S2. The second-order valence-electron chi connectivity index (χ2n) is 18.2. The number of sulfonamides is 1. The molecule has 3 amide bonds. The summed E-state index contributed by atoms with van der Waals surface area (Å²) in [4.78, 5) is 66.0. The first-order valence-electron chi connectivity index (χ1n) is 22.3. The lowest BCUT2D eigenvalue weighted by Crippen LogP contribution is -2.56. The van der Waals surface area contributed by atoms with Crippen molar-refractivity contribution in [1.82, 2.24) is 29.8 Å². The molecule has 362 valence electrons. The Morgan fingerprint density at radius 3 is 2.49 bits per heavy atom. The molecule has 6 rings (SSSR count). The standard InChI is InChI=1S/C47H62N8O10S2/c1-9-30-26-47(30,43(59)53-67(61,62)40-16-11-10-15-34(40)48-20-12-13-21-54(7)22-14-17-41(56)57)52-42(58)38-24-32(27-55(38)45(60)65-46(4,5)6)64-39-25-36(37-28-66-44(51-37)49-29(2)3)50-35-23-31(63-8)18-19-33(35)39/h9-11,15-16,18-19,23,25,28-30,32,38,48H,1,12-14,17,20-22,24,26-27H2,2-8H3,(H,49,51)(H,52,58)(H,53,59)(H,56,57)/t30?,32-,38+,47?/m1/s1. The maximum atomic E-state index is 14.5. The number of carbonyl (C=O) groups is 4. The van der Waals surface area contributed by atoms with E-state index in [2.05, 4.69) is 32.2 Å². The summed E-state index contributed by atoms with van der Waals surface area (Å²) in [7, 11) is -0.975. The van der Waals surface area contributed by atoms with Gasteiger partial charge in [0.25, 0.3) is 15.9 Å². The highest BCUT2D eigenvalue weighted by Gasteiger charge is 2.61. The van der Waals surface area contributed by atoms with Crippen LogP contribution >= 0.6 is 11.3 Å². The van der Waals surface area contributed by atoms with Gasteiger partial charge in [-0.1, -0.05) is 18.2 Å². The minimum absolute atomic E-state index is 0.00828. The summed E-state index contributed by atoms with van der Waals surface area (Å²) in [6, 6.07) is 12.4. The van der Waals surface area contributed by atoms with Crippen molar-refractivity contribution in [2.45, 2.75) is 107 Å². The number of aromatic nitrogens is 2. The molecule has 0 radical (unpaired) electrons. The minimum Gasteiger partial charge on any atom is -0.497 e. The van der Waals surface area contributed by atoms with E-state index in [0.717, 1.165) is 18.1 Å². The molecule has 1 aliphatic carbocycles. The van der Waals surface area contributed by atoms with E-state index in [1.165, 1.54) is 28.4 Å². The summed E-state index contributed by atoms with van der Waals surface area (Å²) in [5.41, 5.74) is -0.547. The zero-order chi connectivity index (χ0) is 48.7. The molecule has 2 aliphatic rings. The first kappa shape index (κ1) is 50.4. The van der Waals surface area contributed by atoms with Gasteiger partial charge in [0.15, 0.2) is 5.13 Å². The van der Waals surface area contributed by atoms with E-state index < -0.39 is 63.1 Å². The lowest BCUT2D eigenvalue weighted by molar-refractivity contribution is -0.137. The van der Waals surface area contributed by atoms with Crippen LogP contribution in [0.4, 0.5) is 15.6 Å². The van der Waals surface area contributed by atoms with Gasteiger partial charge in [-0.05, 0) is 105 Å². The summed E-state index contributed by atoms with van der Waals surface area (Å²) in [6.45, 7) is 14.8. The van der Waals surface area contributed by atoms with Crippen molar-refractivity contribution < 1.29 is 46.9 Å². The highest BCUT2D eigenvalue weighted by Crippen LogP contribution is 2.45. The number of hydrogen-bond donors (Lipinski definition) is 5. The number of methoxy groups -OCH3 is 1. The Bertz CT molecular complexity index is 2560. The van der Waals surface area contributed by atoms with Crippen molar-refractivity contribution in [2.75, 3.05) is 51.0 Å². The van der Waals surface area contributed by atoms with Crippen LogP contribution in [-0.2, 0) is 29.1 Å². The quantitative estimate of drug-likeness (QED) is 0.0418. The molecule has 67 heavy (non-hydrogen) atoms. The first-order valence-corrected chi connectivity index (χ1v) is 24.7. The zero-order valence-electron chi connectivity index (χ0n) is 39.1. The Labute approximate surface area is 395 Å². The Morgan fingerprint density at radius 2 is 1.81 bits per heavy atom. The van der Waals surface area contributed by atoms with Crippen molar-refractivity contribution in [1.29, 1.82) is 0 Å². The fraction of sp³-hybridized carbons (Fsp3) is 0.489. The van der Waals surface area contributed by atoms with Gasteiger partial charge in [0.1, 0.15) is 45.4 Å². The van der Waals surface area contributed by atoms with Gasteiger partial charge in [-0.3, -0.25) is 19.3 Å². The van der Waals surface area contributed by atoms with Crippen molar-refractivity contribution >= 4 is 67.0 Å². The van der Waals surface area contributed by atoms with E-state index in [0.29, 0.717) is 65.4 Å². The fourth-order valence-corrected chi connectivity index (χ4v) is 9.94. The average Bonchev–Trinajstić information content (AvgIpc) is 3.52. The monoisotopic (exact) mass is 962 g/mol. The number of fused-ring (bicyclic) bond motifs is 1. The molecule has 4 atom stereocenters. The number of thiazole rings is 1. The normalized spacial score (nSPS) is 19.2. The van der Waals surface area contributed by atoms with Crippen molar-refractivity contribution in [3.8, 4) is 22.9 Å². The Hall–Kier alpha value is -5.99. The fourth-order valence-electron chi connectivity index (χ4n) is 7.86. The SMILES string of the molecule is C=CC1CC1(NC(=O)[C@@H]1C[C@@H](Oc2cc(-c3csc(NC(C)C)n3)nc3cc(OC)ccc23)CN1C(=O)OC(C)(C)C)C(=O)NS(=O)(=O)c1ccccc1NCCCCN(C)CCCC(=O)O. The number of likely N-dealkylation sites (tertiary alicyclic amines) is 1. The molecule has 1 aliphatic heterocycles. The van der Waals surface area contributed by atoms with Crippen LogP contribution in [0, 0.1) is 5.92 Å². The number of ether oxygens (including phenoxy) is 3. The molecule has 20 heteroatoms. The first-order chi connectivity index (χ1) is 31.7. The minimum atomic E-state index is -4.46. The van der Waals surface area contributed by atoms with Gasteiger partial charge in [0.2, 0.25) is 5.91 Å². The summed E-state index contributed by atoms with van der Waals surface area (Å²) >= 11 is 1.44. The number of unbranched alkanes of at least 4 members (excludes halogenated alkanes) is 1. The predicted molar refractivity (Wildman–Crippen MR) is 257 cm³/mol. The molecule has 0 bridgehead atoms. The summed E-state index contributed by atoms with van der Waals surface area (Å²) in [6.07, 6.45) is 2.23. The van der Waals surface area contributed by atoms with Crippen molar-refractivity contribution in [2.24, 2.45) is 5.92 Å². The number of carboxylic acids is 1. The maximum Gasteiger partial charge on any atom is 0.411 e. The highest BCUT2D eigenvalue weighted by atomic mass is 32.2. The van der Waals surface area contributed by atoms with Gasteiger partial charge < -0.3 is 40.2 Å². The zero-order valence-corrected chi connectivity index (χ0v) is 40.7. The predicted octanol–water partition coefficient (Wildman–Crippen LogP) is 6.50. The number of nitrogens with one attached hydrogen (secondary N) is 4. The second-order valence-corrected chi connectivity index (χ2v) is 20.7. The molecule has 2 aromatic carbocycles. The maximum absolute atomic E-state index is 14.5. The highest BCUT2D eigenvalue weighted by molar-refractivity contribution is 7.90. The molecule has 1 saturated carbocycles. The van der Waals surface area contributed by atoms with Crippen molar-refractivity contribution in [3.05, 3.63) is 66.6 Å². The molecule has 0 spiro atoms. The molecule has 4 aromatic rings. The number of aliphatic carboxylic acids is 1. The van der Waals surface area contributed by atoms with Crippen LogP contribution in [0.2, 0.25) is 0 Å². The number of anilines is 2. The molecule has 18 nitrogen and oxygen atoms in total. The third kappa shape index (κ3) is 12.9. The van der Waals surface area contributed by atoms with E-state index in [-0.39, 0.29) is 36.7 Å². The Morgan fingerprint density at radius 1 is 1.06 bits per heavy atom. The number of carbonyl (C=O) groups excluding carboxylic acids is 3. The number of benzene rings is 2. The van der Waals surface area contributed by atoms with Gasteiger partial charge in [-0.15, -0.1) is 17.9 Å². The van der Waals surface area contributed by atoms with E-state index in [1.807, 2.05) is 32.3 Å². The summed E-state index contributed by atoms with van der Waals surface area (Å²) in [5, 5.41) is 21.5. The largest absolute Gasteiger partial charge is 0.497 e. The number of amides is 3. The van der Waals surface area contributed by atoms with E-state index in [9.17, 15) is 27.6 Å². The van der Waals surface area contributed by atoms with Crippen LogP contribution < -0.4 is 30.1 Å². The number of para-hydroxylation sites is 1. The van der Waals surface area contributed by atoms with Gasteiger partial charge in [-0.2, -0.15) is 0 Å². The number of hydrogen-bond acceptors (Lipinski definition) is 15. The number of carboxylic acid groups (broad SMARTS) is 1. The second kappa shape index (κ2) is 21.3. The molecular weight excluding hydrogens is 901 g/mol. The van der Waals surface area contributed by atoms with Crippen LogP contribution in [0.3, 0.4) is 0 Å². The molecule has 2 fully saturated rings. The van der Waals surface area contributed by atoms with E-state index in [1.54, 1.807) is 64.3 Å². The Balaban J connectivity index is 1.18. The van der Waals surface area contributed by atoms with Crippen LogP contribution in [0.25, 0.3) is 22.3 Å². The third-order valence-electron chi connectivity index (χ3n) is 11.3. The lowest BCUT2D eigenvalue weighted by Gasteiger charge is -2.29. The van der Waals surface area contributed by atoms with E-state index >= 15 is 0 Å². The summed E-state index contributed by atoms with van der Waals surface area (Å²) < 4.78 is 48.0. The van der Waals surface area contributed by atoms with Crippen LogP contribution in [0.1, 0.15) is 73.1 Å². The van der Waals surface area contributed by atoms with Gasteiger partial charge >= 0.3 is 12.1 Å². The van der Waals surface area contributed by atoms with E-state index in [4.69, 9.17) is 29.3 Å². The molecule has 1 saturated heterocycles. The van der Waals surface area contributed by atoms with Crippen LogP contribution in [-0.4, -0.2) is 127 Å². The number of pyridine rings is 1.